The zero-order valence-electron chi connectivity index (χ0n) is 17.4. The average molecular weight is 424 g/mol. The maximum atomic E-state index is 14.7. The van der Waals surface area contributed by atoms with Gasteiger partial charge in [0.15, 0.2) is 0 Å². The van der Waals surface area contributed by atoms with Gasteiger partial charge in [0.2, 0.25) is 0 Å². The van der Waals surface area contributed by atoms with Gasteiger partial charge in [-0.2, -0.15) is 13.2 Å². The molecule has 30 heavy (non-hydrogen) atoms. The number of halogens is 5. The lowest BCUT2D eigenvalue weighted by atomic mass is 9.63. The standard InChI is InChI=1S/C25H29F5/c1-2-3-4-15-5-6-17-10-18(8-7-16(17)9-15)19-11-20-13-24(27)22(25(28,29)30)14-21(20)23(26)12-19/h11-18H,2-10H2,1H3. The number of hydrogen-bond donors (Lipinski definition) is 0. The van der Waals surface area contributed by atoms with Gasteiger partial charge in [0.25, 0.3) is 0 Å². The van der Waals surface area contributed by atoms with Crippen LogP contribution in [0.1, 0.15) is 81.8 Å². The van der Waals surface area contributed by atoms with Crippen LogP contribution in [0.2, 0.25) is 0 Å². The van der Waals surface area contributed by atoms with Crippen molar-refractivity contribution in [1.29, 1.82) is 0 Å². The minimum absolute atomic E-state index is 0.169. The van der Waals surface area contributed by atoms with Crippen molar-refractivity contribution in [3.63, 3.8) is 0 Å². The summed E-state index contributed by atoms with van der Waals surface area (Å²) in [4.78, 5) is 0. The molecule has 2 aromatic rings. The van der Waals surface area contributed by atoms with Crippen LogP contribution in [0.15, 0.2) is 24.3 Å². The van der Waals surface area contributed by atoms with E-state index in [2.05, 4.69) is 6.92 Å². The quantitative estimate of drug-likeness (QED) is 0.431. The largest absolute Gasteiger partial charge is 0.419 e. The molecule has 4 unspecified atom stereocenters. The average Bonchev–Trinajstić information content (AvgIpc) is 2.70. The van der Waals surface area contributed by atoms with Crippen molar-refractivity contribution in [2.24, 2.45) is 17.8 Å². The Balaban J connectivity index is 1.53. The number of benzene rings is 2. The Hall–Kier alpha value is -1.65. The normalized spacial score (nSPS) is 27.3. The van der Waals surface area contributed by atoms with Crippen LogP contribution < -0.4 is 0 Å². The Labute approximate surface area is 174 Å². The van der Waals surface area contributed by atoms with Gasteiger partial charge in [-0.05, 0) is 84.9 Å². The van der Waals surface area contributed by atoms with Gasteiger partial charge in [0.05, 0.1) is 5.56 Å². The van der Waals surface area contributed by atoms with E-state index in [0.29, 0.717) is 12.0 Å². The van der Waals surface area contributed by atoms with Crippen molar-refractivity contribution in [2.75, 3.05) is 0 Å². The predicted molar refractivity (Wildman–Crippen MR) is 109 cm³/mol. The van der Waals surface area contributed by atoms with Gasteiger partial charge in [-0.3, -0.25) is 0 Å². The molecule has 0 nitrogen and oxygen atoms in total. The fraction of sp³-hybridized carbons (Fsp3) is 0.600. The fourth-order valence-corrected chi connectivity index (χ4v) is 5.86. The highest BCUT2D eigenvalue weighted by Crippen LogP contribution is 2.49. The van der Waals surface area contributed by atoms with Crippen molar-refractivity contribution in [3.8, 4) is 0 Å². The SMILES string of the molecule is CCCCC1CCC2CC(c3cc(F)c4cc(C(F)(F)F)c(F)cc4c3)CCC2C1. The number of unbranched alkanes of at least 4 members (excludes halogenated alkanes) is 1. The van der Waals surface area contributed by atoms with E-state index in [0.717, 1.165) is 42.7 Å². The molecule has 4 atom stereocenters. The molecule has 2 saturated carbocycles. The van der Waals surface area contributed by atoms with Gasteiger partial charge in [-0.1, -0.05) is 38.7 Å². The van der Waals surface area contributed by atoms with E-state index in [1.54, 1.807) is 6.07 Å². The van der Waals surface area contributed by atoms with E-state index in [-0.39, 0.29) is 16.7 Å². The second kappa shape index (κ2) is 8.47. The van der Waals surface area contributed by atoms with Gasteiger partial charge in [-0.25, -0.2) is 8.78 Å². The molecule has 164 valence electrons. The van der Waals surface area contributed by atoms with E-state index in [9.17, 15) is 22.0 Å². The summed E-state index contributed by atoms with van der Waals surface area (Å²) in [6, 6.07) is 4.49. The molecule has 2 aliphatic rings. The summed E-state index contributed by atoms with van der Waals surface area (Å²) < 4.78 is 67.6. The highest BCUT2D eigenvalue weighted by molar-refractivity contribution is 5.85. The summed E-state index contributed by atoms with van der Waals surface area (Å²) in [5, 5.41) is 0.0403. The summed E-state index contributed by atoms with van der Waals surface area (Å²) in [5.74, 6) is 0.382. The summed E-state index contributed by atoms with van der Waals surface area (Å²) in [7, 11) is 0. The van der Waals surface area contributed by atoms with E-state index in [1.807, 2.05) is 0 Å². The first-order valence-electron chi connectivity index (χ1n) is 11.3. The van der Waals surface area contributed by atoms with Gasteiger partial charge < -0.3 is 0 Å². The van der Waals surface area contributed by atoms with Gasteiger partial charge in [0, 0.05) is 5.39 Å². The van der Waals surface area contributed by atoms with Crippen molar-refractivity contribution >= 4 is 10.8 Å². The summed E-state index contributed by atoms with van der Waals surface area (Å²) >= 11 is 0. The molecule has 4 rings (SSSR count). The molecule has 0 heterocycles. The number of rotatable bonds is 4. The molecule has 5 heteroatoms. The Morgan fingerprint density at radius 3 is 2.33 bits per heavy atom. The van der Waals surface area contributed by atoms with Gasteiger partial charge in [-0.15, -0.1) is 0 Å². The Bertz CT molecular complexity index is 901. The van der Waals surface area contributed by atoms with E-state index >= 15 is 0 Å². The first-order chi connectivity index (χ1) is 14.3. The fourth-order valence-electron chi connectivity index (χ4n) is 5.86. The van der Waals surface area contributed by atoms with Crippen molar-refractivity contribution < 1.29 is 22.0 Å². The van der Waals surface area contributed by atoms with Gasteiger partial charge in [0.1, 0.15) is 11.6 Å². The Morgan fingerprint density at radius 2 is 1.60 bits per heavy atom. The van der Waals surface area contributed by atoms with E-state index < -0.39 is 23.4 Å². The minimum Gasteiger partial charge on any atom is -0.206 e. The molecule has 0 aliphatic heterocycles. The number of fused-ring (bicyclic) bond motifs is 2. The predicted octanol–water partition coefficient (Wildman–Crippen LogP) is 8.63. The molecular formula is C25H29F5. The molecule has 0 radical (unpaired) electrons. The van der Waals surface area contributed by atoms with E-state index in [4.69, 9.17) is 0 Å². The molecule has 2 aromatic carbocycles. The second-order valence-electron chi connectivity index (χ2n) is 9.41. The first kappa shape index (κ1) is 21.6. The van der Waals surface area contributed by atoms with Crippen LogP contribution in [0.3, 0.4) is 0 Å². The van der Waals surface area contributed by atoms with Crippen molar-refractivity contribution in [3.05, 3.63) is 47.0 Å². The van der Waals surface area contributed by atoms with Crippen LogP contribution in [0.5, 0.6) is 0 Å². The zero-order valence-corrected chi connectivity index (χ0v) is 17.4. The monoisotopic (exact) mass is 424 g/mol. The third-order valence-corrected chi connectivity index (χ3v) is 7.48. The maximum absolute atomic E-state index is 14.7. The second-order valence-corrected chi connectivity index (χ2v) is 9.41. The topological polar surface area (TPSA) is 0 Å². The van der Waals surface area contributed by atoms with Crippen LogP contribution in [-0.4, -0.2) is 0 Å². The molecule has 0 spiro atoms. The minimum atomic E-state index is -4.84. The summed E-state index contributed by atoms with van der Waals surface area (Å²) in [6.07, 6.45) is 5.91. The van der Waals surface area contributed by atoms with Gasteiger partial charge >= 0.3 is 6.18 Å². The Morgan fingerprint density at radius 1 is 0.867 bits per heavy atom. The van der Waals surface area contributed by atoms with Crippen LogP contribution in [0, 0.1) is 29.4 Å². The lowest BCUT2D eigenvalue weighted by Crippen LogP contribution is -2.30. The van der Waals surface area contributed by atoms with E-state index in [1.165, 1.54) is 44.6 Å². The molecule has 0 amide bonds. The number of alkyl halides is 3. The highest BCUT2D eigenvalue weighted by Gasteiger charge is 2.37. The third kappa shape index (κ3) is 4.36. The lowest BCUT2D eigenvalue weighted by Gasteiger charge is -2.42. The molecule has 2 aliphatic carbocycles. The highest BCUT2D eigenvalue weighted by atomic mass is 19.4. The van der Waals surface area contributed by atoms with Crippen LogP contribution in [0.4, 0.5) is 22.0 Å². The summed E-state index contributed by atoms with van der Waals surface area (Å²) in [6.45, 7) is 2.23. The third-order valence-electron chi connectivity index (χ3n) is 7.48. The van der Waals surface area contributed by atoms with Crippen molar-refractivity contribution in [1.82, 2.24) is 0 Å². The summed E-state index contributed by atoms with van der Waals surface area (Å²) in [5.41, 5.74) is -0.618. The van der Waals surface area contributed by atoms with Crippen molar-refractivity contribution in [2.45, 2.75) is 76.8 Å². The van der Waals surface area contributed by atoms with Crippen LogP contribution in [0.25, 0.3) is 10.8 Å². The lowest BCUT2D eigenvalue weighted by molar-refractivity contribution is -0.139. The smallest absolute Gasteiger partial charge is 0.206 e. The maximum Gasteiger partial charge on any atom is 0.419 e. The molecule has 0 aromatic heterocycles. The Kier molecular flexibility index (Phi) is 6.09. The molecule has 2 fully saturated rings. The van der Waals surface area contributed by atoms with Crippen LogP contribution >= 0.6 is 0 Å². The molecule has 0 saturated heterocycles. The number of hydrogen-bond acceptors (Lipinski definition) is 0. The molecule has 0 N–H and O–H groups in total. The molecule has 0 bridgehead atoms. The first-order valence-corrected chi connectivity index (χ1v) is 11.3. The van der Waals surface area contributed by atoms with Crippen LogP contribution in [-0.2, 0) is 6.18 Å². The zero-order chi connectivity index (χ0) is 21.5. The molecular weight excluding hydrogens is 395 g/mol.